The number of nitrogens with one attached hydrogen (secondary N) is 1. The molecule has 0 aromatic heterocycles. The Morgan fingerprint density at radius 3 is 2.53 bits per heavy atom. The smallest absolute Gasteiger partial charge is 0.269 e. The van der Waals surface area contributed by atoms with Gasteiger partial charge in [-0.15, -0.1) is 0 Å². The number of hydrogen-bond donors (Lipinski definition) is 2. The molecule has 2 N–H and O–H groups in total. The van der Waals surface area contributed by atoms with E-state index in [-0.39, 0.29) is 24.6 Å². The summed E-state index contributed by atoms with van der Waals surface area (Å²) in [5.74, 6) is -0.222. The molecular weight excluding hydrogens is 224 g/mol. The van der Waals surface area contributed by atoms with Gasteiger partial charge in [-0.25, -0.2) is 0 Å². The van der Waals surface area contributed by atoms with Crippen molar-refractivity contribution in [1.82, 2.24) is 5.32 Å². The fraction of sp³-hybridized carbons (Fsp3) is 0.364. The van der Waals surface area contributed by atoms with Crippen molar-refractivity contribution in [3.8, 4) is 0 Å². The number of nitro groups is 1. The Kier molecular flexibility index (Phi) is 4.59. The Labute approximate surface area is 98.4 Å². The summed E-state index contributed by atoms with van der Waals surface area (Å²) in [4.78, 5) is 21.3. The molecule has 92 valence electrons. The van der Waals surface area contributed by atoms with Crippen molar-refractivity contribution < 1.29 is 14.8 Å². The summed E-state index contributed by atoms with van der Waals surface area (Å²) in [6.45, 7) is 1.78. The molecule has 0 saturated carbocycles. The van der Waals surface area contributed by atoms with Crippen LogP contribution in [0.2, 0.25) is 0 Å². The molecule has 1 atom stereocenters. The zero-order valence-electron chi connectivity index (χ0n) is 9.42. The van der Waals surface area contributed by atoms with Gasteiger partial charge in [0.2, 0.25) is 5.91 Å². The monoisotopic (exact) mass is 238 g/mol. The van der Waals surface area contributed by atoms with Crippen LogP contribution in [-0.4, -0.2) is 28.6 Å². The summed E-state index contributed by atoms with van der Waals surface area (Å²) in [5.41, 5.74) is 0.692. The topological polar surface area (TPSA) is 92.5 Å². The Morgan fingerprint density at radius 1 is 1.47 bits per heavy atom. The lowest BCUT2D eigenvalue weighted by Gasteiger charge is -2.06. The number of non-ortho nitro benzene ring substituents is 1. The van der Waals surface area contributed by atoms with Crippen molar-refractivity contribution in [2.45, 2.75) is 19.4 Å². The molecule has 6 heteroatoms. The highest BCUT2D eigenvalue weighted by atomic mass is 16.6. The van der Waals surface area contributed by atoms with Crippen molar-refractivity contribution in [1.29, 1.82) is 0 Å². The minimum absolute atomic E-state index is 0.00172. The molecule has 17 heavy (non-hydrogen) atoms. The summed E-state index contributed by atoms with van der Waals surface area (Å²) in [6, 6.07) is 5.80. The van der Waals surface area contributed by atoms with Crippen molar-refractivity contribution in [2.24, 2.45) is 0 Å². The van der Waals surface area contributed by atoms with E-state index in [1.165, 1.54) is 12.1 Å². The van der Waals surface area contributed by atoms with Crippen molar-refractivity contribution in [3.05, 3.63) is 39.9 Å². The van der Waals surface area contributed by atoms with Gasteiger partial charge < -0.3 is 10.4 Å². The first-order valence-corrected chi connectivity index (χ1v) is 5.17. The highest BCUT2D eigenvalue weighted by Crippen LogP contribution is 2.12. The third-order valence-corrected chi connectivity index (χ3v) is 2.11. The SMILES string of the molecule is CC(O)CNC(=O)Cc1ccc([N+](=O)[O-])cc1. The molecule has 1 rings (SSSR count). The fourth-order valence-electron chi connectivity index (χ4n) is 1.24. The molecule has 0 spiro atoms. The Balaban J connectivity index is 2.51. The molecule has 6 nitrogen and oxygen atoms in total. The van der Waals surface area contributed by atoms with E-state index in [1.807, 2.05) is 0 Å². The van der Waals surface area contributed by atoms with Gasteiger partial charge in [0, 0.05) is 18.7 Å². The third-order valence-electron chi connectivity index (χ3n) is 2.11. The van der Waals surface area contributed by atoms with Crippen LogP contribution in [-0.2, 0) is 11.2 Å². The molecule has 1 aromatic rings. The first-order chi connectivity index (χ1) is 7.99. The van der Waals surface area contributed by atoms with Crippen molar-refractivity contribution in [3.63, 3.8) is 0 Å². The van der Waals surface area contributed by atoms with Crippen LogP contribution in [0.4, 0.5) is 5.69 Å². The second-order valence-corrected chi connectivity index (χ2v) is 3.75. The molecule has 0 aliphatic heterocycles. The largest absolute Gasteiger partial charge is 0.392 e. The average Bonchev–Trinajstić information content (AvgIpc) is 2.27. The van der Waals surface area contributed by atoms with E-state index in [1.54, 1.807) is 19.1 Å². The predicted molar refractivity (Wildman–Crippen MR) is 61.5 cm³/mol. The van der Waals surface area contributed by atoms with E-state index in [0.29, 0.717) is 5.56 Å². The molecule has 1 amide bonds. The second-order valence-electron chi connectivity index (χ2n) is 3.75. The molecule has 0 radical (unpaired) electrons. The molecule has 0 fully saturated rings. The number of aliphatic hydroxyl groups is 1. The van der Waals surface area contributed by atoms with Gasteiger partial charge in [0.1, 0.15) is 0 Å². The molecule has 0 heterocycles. The lowest BCUT2D eigenvalue weighted by atomic mass is 10.1. The lowest BCUT2D eigenvalue weighted by Crippen LogP contribution is -2.31. The van der Waals surface area contributed by atoms with E-state index < -0.39 is 11.0 Å². The number of carbonyl (C=O) groups excluding carboxylic acids is 1. The van der Waals surface area contributed by atoms with Crippen LogP contribution in [0, 0.1) is 10.1 Å². The highest BCUT2D eigenvalue weighted by Gasteiger charge is 2.07. The highest BCUT2D eigenvalue weighted by molar-refractivity contribution is 5.78. The van der Waals surface area contributed by atoms with Crippen LogP contribution in [0.25, 0.3) is 0 Å². The van der Waals surface area contributed by atoms with Gasteiger partial charge in [-0.1, -0.05) is 12.1 Å². The molecule has 0 aliphatic rings. The summed E-state index contributed by atoms with van der Waals surface area (Å²) >= 11 is 0. The number of carbonyl (C=O) groups is 1. The van der Waals surface area contributed by atoms with Crippen LogP contribution >= 0.6 is 0 Å². The summed E-state index contributed by atoms with van der Waals surface area (Å²) in [5, 5.41) is 21.9. The molecule has 0 saturated heterocycles. The first-order valence-electron chi connectivity index (χ1n) is 5.17. The number of nitro benzene ring substituents is 1. The van der Waals surface area contributed by atoms with Crippen molar-refractivity contribution in [2.75, 3.05) is 6.54 Å². The number of nitrogens with zero attached hydrogens (tertiary/aromatic N) is 1. The summed E-state index contributed by atoms with van der Waals surface area (Å²) < 4.78 is 0. The number of hydrogen-bond acceptors (Lipinski definition) is 4. The maximum Gasteiger partial charge on any atom is 0.269 e. The van der Waals surface area contributed by atoms with Gasteiger partial charge in [-0.3, -0.25) is 14.9 Å². The summed E-state index contributed by atoms with van der Waals surface area (Å²) in [7, 11) is 0. The van der Waals surface area contributed by atoms with Crippen LogP contribution in [0.3, 0.4) is 0 Å². The van der Waals surface area contributed by atoms with Gasteiger partial charge in [-0.05, 0) is 12.5 Å². The molecule has 0 aliphatic carbocycles. The van der Waals surface area contributed by atoms with E-state index in [0.717, 1.165) is 0 Å². The van der Waals surface area contributed by atoms with Crippen LogP contribution in [0.5, 0.6) is 0 Å². The van der Waals surface area contributed by atoms with Gasteiger partial charge in [0.25, 0.3) is 5.69 Å². The van der Waals surface area contributed by atoms with Crippen molar-refractivity contribution >= 4 is 11.6 Å². The number of amides is 1. The third kappa shape index (κ3) is 4.60. The molecule has 1 unspecified atom stereocenters. The van der Waals surface area contributed by atoms with Gasteiger partial charge in [0.15, 0.2) is 0 Å². The Morgan fingerprint density at radius 2 is 2.06 bits per heavy atom. The zero-order chi connectivity index (χ0) is 12.8. The maximum atomic E-state index is 11.4. The number of benzene rings is 1. The van der Waals surface area contributed by atoms with Crippen LogP contribution in [0.15, 0.2) is 24.3 Å². The molecule has 1 aromatic carbocycles. The molecule has 0 bridgehead atoms. The minimum Gasteiger partial charge on any atom is -0.392 e. The number of rotatable bonds is 5. The second kappa shape index (κ2) is 5.95. The lowest BCUT2D eigenvalue weighted by molar-refractivity contribution is -0.384. The summed E-state index contributed by atoms with van der Waals surface area (Å²) in [6.07, 6.45) is -0.444. The van der Waals surface area contributed by atoms with E-state index in [9.17, 15) is 14.9 Å². The van der Waals surface area contributed by atoms with Gasteiger partial charge >= 0.3 is 0 Å². The first kappa shape index (κ1) is 13.1. The zero-order valence-corrected chi connectivity index (χ0v) is 9.42. The standard InChI is InChI=1S/C11H14N2O4/c1-8(14)7-12-11(15)6-9-2-4-10(5-3-9)13(16)17/h2-5,8,14H,6-7H2,1H3,(H,12,15). The van der Waals surface area contributed by atoms with Crippen LogP contribution in [0.1, 0.15) is 12.5 Å². The fourth-order valence-corrected chi connectivity index (χ4v) is 1.24. The normalized spacial score (nSPS) is 11.9. The Hall–Kier alpha value is -1.95. The molecular formula is C11H14N2O4. The van der Waals surface area contributed by atoms with Gasteiger partial charge in [0.05, 0.1) is 17.4 Å². The van der Waals surface area contributed by atoms with E-state index in [4.69, 9.17) is 5.11 Å². The predicted octanol–water partition coefficient (Wildman–Crippen LogP) is 0.634. The maximum absolute atomic E-state index is 11.4. The van der Waals surface area contributed by atoms with E-state index >= 15 is 0 Å². The number of aliphatic hydroxyl groups excluding tert-OH is 1. The van der Waals surface area contributed by atoms with Crippen LogP contribution < -0.4 is 5.32 Å². The Bertz CT molecular complexity index is 400. The van der Waals surface area contributed by atoms with Gasteiger partial charge in [-0.2, -0.15) is 0 Å². The quantitative estimate of drug-likeness (QED) is 0.581. The average molecular weight is 238 g/mol. The minimum atomic E-state index is -0.587. The van der Waals surface area contributed by atoms with E-state index in [2.05, 4.69) is 5.32 Å².